The predicted octanol–water partition coefficient (Wildman–Crippen LogP) is 0.216. The fourth-order valence-corrected chi connectivity index (χ4v) is 4.23. The molecule has 0 bridgehead atoms. The van der Waals surface area contributed by atoms with E-state index in [9.17, 15) is 4.89 Å². The van der Waals surface area contributed by atoms with Gasteiger partial charge in [-0.3, -0.25) is 0 Å². The molecule has 0 aromatic rings. The van der Waals surface area contributed by atoms with Crippen molar-refractivity contribution >= 4 is 35.1 Å². The minimum atomic E-state index is -3.36. The van der Waals surface area contributed by atoms with Crippen LogP contribution in [0.4, 0.5) is 0 Å². The van der Waals surface area contributed by atoms with Crippen LogP contribution in [0, 0.1) is 0 Å². The Labute approximate surface area is 145 Å². The number of rotatable bonds is 8. The van der Waals surface area contributed by atoms with Crippen molar-refractivity contribution in [1.29, 1.82) is 0 Å². The number of hydrogen-bond donors (Lipinski definition) is 2. The van der Waals surface area contributed by atoms with E-state index >= 15 is 0 Å². The number of hydrogen-bond acceptors (Lipinski definition) is 8. The molecule has 1 N–H and O–H groups in total. The molecule has 23 heavy (non-hydrogen) atoms. The van der Waals surface area contributed by atoms with E-state index in [1.807, 2.05) is 0 Å². The third-order valence-electron chi connectivity index (χ3n) is 3.77. The maximum absolute atomic E-state index is 10.3. The Bertz CT molecular complexity index is 381. The van der Waals surface area contributed by atoms with Crippen LogP contribution in [0.2, 0.25) is 0 Å². The first-order valence-corrected chi connectivity index (χ1v) is 10.1. The molecule has 2 heterocycles. The largest absolute Gasteiger partial charge is 0.475 e. The number of ether oxygens (including phenoxy) is 4. The summed E-state index contributed by atoms with van der Waals surface area (Å²) >= 11 is 4.11. The Hall–Kier alpha value is 0.630. The molecule has 0 saturated carbocycles. The quantitative estimate of drug-likeness (QED) is 0.363. The van der Waals surface area contributed by atoms with Crippen molar-refractivity contribution in [2.24, 2.45) is 0 Å². The monoisotopic (exact) mass is 363 g/mol. The predicted molar refractivity (Wildman–Crippen MR) is 89.7 cm³/mol. The molecule has 7 unspecified atom stereocenters. The minimum Gasteiger partial charge on any atom is -0.382 e. The molecular formula is C12H22B2O7PS+. The fraction of sp³-hybridized carbons (Fsp3) is 1.00. The van der Waals surface area contributed by atoms with Crippen molar-refractivity contribution in [1.82, 2.24) is 0 Å². The second kappa shape index (κ2) is 8.83. The Kier molecular flexibility index (Phi) is 7.66. The first-order valence-electron chi connectivity index (χ1n) is 7.36. The molecule has 7 nitrogen and oxygen atoms in total. The molecule has 0 aliphatic carbocycles. The van der Waals surface area contributed by atoms with E-state index in [1.54, 1.807) is 14.2 Å². The van der Waals surface area contributed by atoms with Gasteiger partial charge in [0.25, 0.3) is 0 Å². The Morgan fingerprint density at radius 1 is 1.09 bits per heavy atom. The van der Waals surface area contributed by atoms with Crippen molar-refractivity contribution in [3.05, 3.63) is 0 Å². The Morgan fingerprint density at radius 3 is 2.22 bits per heavy atom. The molecule has 128 valence electrons. The van der Waals surface area contributed by atoms with Gasteiger partial charge in [0, 0.05) is 26.2 Å². The topological polar surface area (TPSA) is 75.6 Å². The molecular weight excluding hydrogens is 341 g/mol. The van der Waals surface area contributed by atoms with Crippen molar-refractivity contribution in [3.8, 4) is 0 Å². The smallest absolute Gasteiger partial charge is 0.382 e. The van der Waals surface area contributed by atoms with Gasteiger partial charge >= 0.3 is 7.15 Å². The van der Waals surface area contributed by atoms with Gasteiger partial charge in [0.2, 0.25) is 0 Å². The summed E-state index contributed by atoms with van der Waals surface area (Å²) in [5.41, 5.74) is 0. The highest BCUT2D eigenvalue weighted by molar-refractivity contribution is 8.47. The highest BCUT2D eigenvalue weighted by atomic mass is 32.7. The first-order chi connectivity index (χ1) is 10.8. The third kappa shape index (κ3) is 5.83. The van der Waals surface area contributed by atoms with Crippen molar-refractivity contribution in [2.45, 2.75) is 49.3 Å². The molecule has 0 spiro atoms. The Morgan fingerprint density at radius 2 is 1.65 bits per heavy atom. The third-order valence-corrected chi connectivity index (χ3v) is 5.43. The molecule has 7 atom stereocenters. The normalized spacial score (nSPS) is 40.3. The fourth-order valence-electron chi connectivity index (χ4n) is 2.69. The summed E-state index contributed by atoms with van der Waals surface area (Å²) in [6, 6.07) is -0.879. The van der Waals surface area contributed by atoms with E-state index in [2.05, 4.69) is 12.2 Å². The van der Waals surface area contributed by atoms with Crippen LogP contribution in [-0.4, -0.2) is 84.4 Å². The van der Waals surface area contributed by atoms with Crippen LogP contribution in [-0.2, 0) is 28.0 Å². The van der Waals surface area contributed by atoms with E-state index in [0.29, 0.717) is 19.4 Å². The van der Waals surface area contributed by atoms with E-state index in [0.717, 1.165) is 0 Å². The van der Waals surface area contributed by atoms with Crippen LogP contribution in [0.1, 0.15) is 12.8 Å². The lowest BCUT2D eigenvalue weighted by molar-refractivity contribution is -0.0306. The van der Waals surface area contributed by atoms with Crippen molar-refractivity contribution in [3.63, 3.8) is 0 Å². The minimum absolute atomic E-state index is 0.0640. The second-order valence-electron chi connectivity index (χ2n) is 5.56. The molecule has 2 saturated heterocycles. The highest BCUT2D eigenvalue weighted by Gasteiger charge is 2.48. The molecule has 11 heteroatoms. The van der Waals surface area contributed by atoms with Gasteiger partial charge in [-0.1, -0.05) is 0 Å². The molecule has 0 aromatic carbocycles. The maximum Gasteiger partial charge on any atom is 0.475 e. The van der Waals surface area contributed by atoms with Gasteiger partial charge in [-0.15, -0.1) is 0 Å². The number of thiol groups is 1. The average molecular weight is 363 g/mol. The van der Waals surface area contributed by atoms with Crippen LogP contribution in [0.5, 0.6) is 0 Å². The second-order valence-corrected chi connectivity index (χ2v) is 8.52. The summed E-state index contributed by atoms with van der Waals surface area (Å²) < 4.78 is 32.3. The van der Waals surface area contributed by atoms with Gasteiger partial charge in [0.1, 0.15) is 40.6 Å². The molecule has 4 radical (unpaired) electrons. The van der Waals surface area contributed by atoms with Crippen LogP contribution >= 0.6 is 19.4 Å². The summed E-state index contributed by atoms with van der Waals surface area (Å²) in [7, 11) is 11.2. The molecule has 2 aliphatic heterocycles. The maximum atomic E-state index is 10.3. The molecule has 0 amide bonds. The van der Waals surface area contributed by atoms with Gasteiger partial charge < -0.3 is 18.9 Å². The van der Waals surface area contributed by atoms with Gasteiger partial charge in [0.15, 0.2) is 0 Å². The lowest BCUT2D eigenvalue weighted by Crippen LogP contribution is -2.30. The zero-order chi connectivity index (χ0) is 17.0. The van der Waals surface area contributed by atoms with Crippen LogP contribution in [0.15, 0.2) is 0 Å². The van der Waals surface area contributed by atoms with E-state index in [4.69, 9.17) is 43.7 Å². The van der Waals surface area contributed by atoms with Crippen LogP contribution < -0.4 is 0 Å². The van der Waals surface area contributed by atoms with E-state index < -0.39 is 25.3 Å². The van der Waals surface area contributed by atoms with Gasteiger partial charge in [-0.05, 0) is 12.8 Å². The van der Waals surface area contributed by atoms with Gasteiger partial charge in [0.05, 0.1) is 25.0 Å². The number of methoxy groups -OCH3 is 2. The van der Waals surface area contributed by atoms with Gasteiger partial charge in [-0.2, -0.15) is 13.9 Å². The van der Waals surface area contributed by atoms with Crippen LogP contribution in [0.3, 0.4) is 0 Å². The van der Waals surface area contributed by atoms with Crippen molar-refractivity contribution in [2.75, 3.05) is 27.4 Å². The summed E-state index contributed by atoms with van der Waals surface area (Å²) in [5, 5.41) is 0. The zero-order valence-electron chi connectivity index (χ0n) is 13.2. The van der Waals surface area contributed by atoms with E-state index in [-0.39, 0.29) is 24.9 Å². The van der Waals surface area contributed by atoms with E-state index in [1.165, 1.54) is 0 Å². The molecule has 2 fully saturated rings. The van der Waals surface area contributed by atoms with Crippen LogP contribution in [0.25, 0.3) is 0 Å². The lowest BCUT2D eigenvalue weighted by atomic mass is 9.96. The lowest BCUT2D eigenvalue weighted by Gasteiger charge is -2.21. The summed E-state index contributed by atoms with van der Waals surface area (Å²) in [6.45, 7) is 0.368. The average Bonchev–Trinajstić information content (AvgIpc) is 2.99. The summed E-state index contributed by atoms with van der Waals surface area (Å²) in [5.74, 6) is 0. The summed E-state index contributed by atoms with van der Waals surface area (Å²) in [6.07, 6.45) is -0.412. The zero-order valence-corrected chi connectivity index (χ0v) is 15.0. The molecule has 2 rings (SSSR count). The first kappa shape index (κ1) is 19.9. The highest BCUT2D eigenvalue weighted by Crippen LogP contribution is 2.63. The molecule has 2 aliphatic rings. The standard InChI is InChI=1S/C12H22B2O7PS/c1-16-5-9-8(4-12(14)19-9)21-22(15,23)18-6-10-7(17-2)3-11(13)20-10/h7-12,15,23H,3-6H2,1-2H3/q+1. The molecule has 0 aromatic heterocycles. The Balaban J connectivity index is 1.84. The SMILES string of the molecule is [B]C1CC(OC)C(CO[P+](O)(S)OC2CC([B])OC2COC)O1. The van der Waals surface area contributed by atoms with Crippen molar-refractivity contribution < 1.29 is 32.9 Å². The summed E-state index contributed by atoms with van der Waals surface area (Å²) in [4.78, 5) is 10.3. The van der Waals surface area contributed by atoms with Gasteiger partial charge in [-0.25, -0.2) is 0 Å².